The van der Waals surface area contributed by atoms with Crippen molar-refractivity contribution in [1.82, 2.24) is 14.9 Å². The average Bonchev–Trinajstić information content (AvgIpc) is 2.93. The zero-order valence-electron chi connectivity index (χ0n) is 23.2. The van der Waals surface area contributed by atoms with Gasteiger partial charge in [0, 0.05) is 48.0 Å². The van der Waals surface area contributed by atoms with Gasteiger partial charge in [0.2, 0.25) is 0 Å². The number of esters is 1. The largest absolute Gasteiger partial charge is 0.492 e. The van der Waals surface area contributed by atoms with Crippen LogP contribution in [0.2, 0.25) is 0 Å². The molecule has 0 spiro atoms. The summed E-state index contributed by atoms with van der Waals surface area (Å²) >= 11 is 0. The normalized spacial score (nSPS) is 11.2. The first-order chi connectivity index (χ1) is 18.7. The van der Waals surface area contributed by atoms with Crippen molar-refractivity contribution < 1.29 is 14.3 Å². The minimum Gasteiger partial charge on any atom is -0.492 e. The van der Waals surface area contributed by atoms with Crippen molar-refractivity contribution in [1.29, 1.82) is 0 Å². The van der Waals surface area contributed by atoms with Gasteiger partial charge in [0.25, 0.3) is 0 Å². The van der Waals surface area contributed by atoms with Crippen LogP contribution in [-0.2, 0) is 4.79 Å². The molecule has 4 aromatic rings. The molecular formula is C33H35N3O3. The number of carbonyl (C=O) groups excluding carboxylic acids is 1. The second-order valence-corrected chi connectivity index (χ2v) is 10.6. The summed E-state index contributed by atoms with van der Waals surface area (Å²) in [5.41, 5.74) is 5.33. The molecule has 0 saturated carbocycles. The second-order valence-electron chi connectivity index (χ2n) is 10.6. The summed E-state index contributed by atoms with van der Waals surface area (Å²) < 4.78 is 11.6. The lowest BCUT2D eigenvalue weighted by molar-refractivity contribution is -0.142. The highest BCUT2D eigenvalue weighted by molar-refractivity contribution is 6.04. The molecule has 0 aliphatic heterocycles. The van der Waals surface area contributed by atoms with Crippen LogP contribution in [0.3, 0.4) is 0 Å². The smallest absolute Gasteiger partial charge is 0.316 e. The molecule has 0 N–H and O–H groups in total. The molecule has 2 heterocycles. The molecule has 0 atom stereocenters. The second kappa shape index (κ2) is 12.5. The van der Waals surface area contributed by atoms with E-state index in [4.69, 9.17) is 9.47 Å². The van der Waals surface area contributed by atoms with Gasteiger partial charge in [0.1, 0.15) is 18.1 Å². The first-order valence-electron chi connectivity index (χ1n) is 13.0. The summed E-state index contributed by atoms with van der Waals surface area (Å²) in [6.45, 7) is 6.97. The van der Waals surface area contributed by atoms with Crippen LogP contribution in [0, 0.1) is 5.41 Å². The standard InChI is InChI=1S/C33H35N3O3/c1-33(2,3)32(37)39-29-16-12-25(13-17-29)30(24-10-14-28(15-11-24)38-21-20-36(4)5)31(26-8-6-18-34-22-26)27-9-7-19-35-23-27/h6-19,22-23H,20-21H2,1-5H3. The van der Waals surface area contributed by atoms with Crippen molar-refractivity contribution in [2.24, 2.45) is 5.41 Å². The number of rotatable bonds is 9. The molecule has 0 amide bonds. The highest BCUT2D eigenvalue weighted by atomic mass is 16.5. The van der Waals surface area contributed by atoms with E-state index in [1.165, 1.54) is 0 Å². The quantitative estimate of drug-likeness (QED) is 0.188. The predicted octanol–water partition coefficient (Wildman–Crippen LogP) is 6.38. The lowest BCUT2D eigenvalue weighted by Crippen LogP contribution is -2.25. The number of carbonyl (C=O) groups is 1. The Balaban J connectivity index is 1.83. The SMILES string of the molecule is CN(C)CCOc1ccc(C(=C(c2cccnc2)c2cccnc2)c2ccc(OC(=O)C(C)(C)C)cc2)cc1. The minimum absolute atomic E-state index is 0.276. The van der Waals surface area contributed by atoms with Crippen molar-refractivity contribution in [3.8, 4) is 11.5 Å². The van der Waals surface area contributed by atoms with Crippen LogP contribution in [0.1, 0.15) is 43.0 Å². The number of nitrogens with zero attached hydrogens (tertiary/aromatic N) is 3. The maximum atomic E-state index is 12.4. The fraction of sp³-hybridized carbons (Fsp3) is 0.242. The minimum atomic E-state index is -0.589. The van der Waals surface area contributed by atoms with E-state index in [0.29, 0.717) is 12.4 Å². The number of aromatic nitrogens is 2. The van der Waals surface area contributed by atoms with Crippen LogP contribution in [-0.4, -0.2) is 48.1 Å². The maximum Gasteiger partial charge on any atom is 0.316 e. The molecule has 6 heteroatoms. The van der Waals surface area contributed by atoms with Crippen LogP contribution in [0.25, 0.3) is 11.1 Å². The highest BCUT2D eigenvalue weighted by Crippen LogP contribution is 2.37. The van der Waals surface area contributed by atoms with Gasteiger partial charge in [-0.05, 0) is 88.0 Å². The third-order valence-electron chi connectivity index (χ3n) is 6.07. The highest BCUT2D eigenvalue weighted by Gasteiger charge is 2.24. The molecule has 4 rings (SSSR count). The van der Waals surface area contributed by atoms with Crippen molar-refractivity contribution in [2.45, 2.75) is 20.8 Å². The third kappa shape index (κ3) is 7.39. The Morgan fingerprint density at radius 1 is 0.718 bits per heavy atom. The van der Waals surface area contributed by atoms with Crippen molar-refractivity contribution in [2.75, 3.05) is 27.2 Å². The molecule has 0 saturated heterocycles. The van der Waals surface area contributed by atoms with Gasteiger partial charge in [0.15, 0.2) is 0 Å². The fourth-order valence-electron chi connectivity index (χ4n) is 3.95. The molecule has 200 valence electrons. The first kappa shape index (κ1) is 27.7. The number of pyridine rings is 2. The Morgan fingerprint density at radius 3 is 1.64 bits per heavy atom. The predicted molar refractivity (Wildman–Crippen MR) is 156 cm³/mol. The fourth-order valence-corrected chi connectivity index (χ4v) is 3.95. The van der Waals surface area contributed by atoms with E-state index in [1.807, 2.05) is 108 Å². The van der Waals surface area contributed by atoms with E-state index in [1.54, 1.807) is 12.4 Å². The van der Waals surface area contributed by atoms with Crippen LogP contribution in [0.4, 0.5) is 0 Å². The molecule has 39 heavy (non-hydrogen) atoms. The lowest BCUT2D eigenvalue weighted by atomic mass is 9.87. The molecule has 0 fully saturated rings. The van der Waals surface area contributed by atoms with Crippen LogP contribution in [0.15, 0.2) is 97.6 Å². The van der Waals surface area contributed by atoms with E-state index in [2.05, 4.69) is 27.0 Å². The summed E-state index contributed by atoms with van der Waals surface area (Å²) in [5, 5.41) is 0. The Hall–Kier alpha value is -4.29. The molecule has 6 nitrogen and oxygen atoms in total. The van der Waals surface area contributed by atoms with Gasteiger partial charge < -0.3 is 14.4 Å². The maximum absolute atomic E-state index is 12.4. The summed E-state index contributed by atoms with van der Waals surface area (Å²) in [7, 11) is 4.05. The number of hydrogen-bond donors (Lipinski definition) is 0. The number of benzene rings is 2. The average molecular weight is 522 g/mol. The van der Waals surface area contributed by atoms with E-state index in [9.17, 15) is 4.79 Å². The Labute approximate surface area is 231 Å². The topological polar surface area (TPSA) is 64.6 Å². The van der Waals surface area contributed by atoms with Gasteiger partial charge in [-0.2, -0.15) is 0 Å². The summed E-state index contributed by atoms with van der Waals surface area (Å²) in [4.78, 5) is 23.3. The van der Waals surface area contributed by atoms with E-state index in [-0.39, 0.29) is 5.97 Å². The van der Waals surface area contributed by atoms with Gasteiger partial charge in [0.05, 0.1) is 5.41 Å². The van der Waals surface area contributed by atoms with Crippen LogP contribution in [0.5, 0.6) is 11.5 Å². The summed E-state index contributed by atoms with van der Waals surface area (Å²) in [6, 6.07) is 23.7. The Bertz CT molecular complexity index is 1350. The summed E-state index contributed by atoms with van der Waals surface area (Å²) in [6.07, 6.45) is 7.26. The monoisotopic (exact) mass is 521 g/mol. The van der Waals surface area contributed by atoms with Gasteiger partial charge in [-0.25, -0.2) is 0 Å². The lowest BCUT2D eigenvalue weighted by Gasteiger charge is -2.19. The van der Waals surface area contributed by atoms with E-state index < -0.39 is 5.41 Å². The first-order valence-corrected chi connectivity index (χ1v) is 13.0. The number of ether oxygens (including phenoxy) is 2. The third-order valence-corrected chi connectivity index (χ3v) is 6.07. The molecule has 0 aliphatic carbocycles. The molecular weight excluding hydrogens is 486 g/mol. The zero-order valence-corrected chi connectivity index (χ0v) is 23.2. The van der Waals surface area contributed by atoms with Crippen LogP contribution < -0.4 is 9.47 Å². The number of hydrogen-bond acceptors (Lipinski definition) is 6. The van der Waals surface area contributed by atoms with Gasteiger partial charge in [-0.3, -0.25) is 14.8 Å². The number of likely N-dealkylation sites (N-methyl/N-ethyl adjacent to an activating group) is 1. The van der Waals surface area contributed by atoms with Crippen molar-refractivity contribution in [3.63, 3.8) is 0 Å². The molecule has 0 unspecified atom stereocenters. The molecule has 2 aromatic carbocycles. The van der Waals surface area contributed by atoms with Crippen molar-refractivity contribution >= 4 is 17.1 Å². The van der Waals surface area contributed by atoms with Crippen LogP contribution >= 0.6 is 0 Å². The molecule has 0 bridgehead atoms. The van der Waals surface area contributed by atoms with Gasteiger partial charge in [-0.15, -0.1) is 0 Å². The van der Waals surface area contributed by atoms with E-state index in [0.717, 1.165) is 45.7 Å². The summed E-state index contributed by atoms with van der Waals surface area (Å²) in [5.74, 6) is 1.04. The van der Waals surface area contributed by atoms with Gasteiger partial charge in [-0.1, -0.05) is 36.4 Å². The Kier molecular flexibility index (Phi) is 8.89. The molecule has 0 radical (unpaired) electrons. The van der Waals surface area contributed by atoms with E-state index >= 15 is 0 Å². The van der Waals surface area contributed by atoms with Crippen molar-refractivity contribution in [3.05, 3.63) is 120 Å². The zero-order chi connectivity index (χ0) is 27.8. The van der Waals surface area contributed by atoms with Gasteiger partial charge >= 0.3 is 5.97 Å². The Morgan fingerprint density at radius 2 is 1.21 bits per heavy atom. The molecule has 2 aromatic heterocycles. The molecule has 0 aliphatic rings.